The zero-order valence-electron chi connectivity index (χ0n) is 19.6. The predicted molar refractivity (Wildman–Crippen MR) is 138 cm³/mol. The molecule has 0 bridgehead atoms. The summed E-state index contributed by atoms with van der Waals surface area (Å²) in [4.78, 5) is 24.4. The molecule has 0 fully saturated rings. The standard InChI is InChI=1S/C28H26N4O3/c1-20-11-13-21(14-12-20)28-22(18-32(31-28)25-9-4-3-5-10-25)15-16-26(33)29-23-7-6-8-24(17-23)30-27(34)19-35-2/h3-18H,19H2,1-2H3,(H,29,33)(H,30,34)/b16-15+. The van der Waals surface area contributed by atoms with Crippen molar-refractivity contribution in [2.45, 2.75) is 6.92 Å². The number of hydrogen-bond acceptors (Lipinski definition) is 4. The first-order valence-corrected chi connectivity index (χ1v) is 11.1. The van der Waals surface area contributed by atoms with Crippen LogP contribution in [0.5, 0.6) is 0 Å². The van der Waals surface area contributed by atoms with E-state index < -0.39 is 0 Å². The van der Waals surface area contributed by atoms with Crippen molar-refractivity contribution in [3.63, 3.8) is 0 Å². The minimum Gasteiger partial charge on any atom is -0.375 e. The van der Waals surface area contributed by atoms with Crippen LogP contribution in [-0.2, 0) is 14.3 Å². The number of ether oxygens (including phenoxy) is 1. The lowest BCUT2D eigenvalue weighted by molar-refractivity contribution is -0.119. The van der Waals surface area contributed by atoms with Gasteiger partial charge in [-0.05, 0) is 43.3 Å². The lowest BCUT2D eigenvalue weighted by Crippen LogP contribution is -2.17. The molecule has 7 nitrogen and oxygen atoms in total. The summed E-state index contributed by atoms with van der Waals surface area (Å²) in [6.45, 7) is 1.99. The van der Waals surface area contributed by atoms with Crippen LogP contribution in [0.15, 0.2) is 91.1 Å². The molecule has 0 saturated heterocycles. The Morgan fingerprint density at radius 1 is 0.943 bits per heavy atom. The van der Waals surface area contributed by atoms with Crippen molar-refractivity contribution in [2.75, 3.05) is 24.4 Å². The molecule has 7 heteroatoms. The van der Waals surface area contributed by atoms with Gasteiger partial charge >= 0.3 is 0 Å². The van der Waals surface area contributed by atoms with E-state index in [1.165, 1.54) is 13.2 Å². The number of hydrogen-bond donors (Lipinski definition) is 2. The van der Waals surface area contributed by atoms with E-state index in [9.17, 15) is 9.59 Å². The number of anilines is 2. The highest BCUT2D eigenvalue weighted by Gasteiger charge is 2.11. The fourth-order valence-corrected chi connectivity index (χ4v) is 3.51. The van der Waals surface area contributed by atoms with Crippen LogP contribution in [0, 0.1) is 6.92 Å². The Morgan fingerprint density at radius 2 is 1.66 bits per heavy atom. The molecule has 2 N–H and O–H groups in total. The summed E-state index contributed by atoms with van der Waals surface area (Å²) in [6.07, 6.45) is 5.13. The topological polar surface area (TPSA) is 85.3 Å². The number of para-hydroxylation sites is 1. The summed E-state index contributed by atoms with van der Waals surface area (Å²) in [5.74, 6) is -0.567. The van der Waals surface area contributed by atoms with E-state index in [1.807, 2.05) is 67.7 Å². The first-order valence-electron chi connectivity index (χ1n) is 11.1. The first-order chi connectivity index (χ1) is 17.0. The molecule has 176 valence electrons. The average molecular weight is 467 g/mol. The minimum absolute atomic E-state index is 0.0424. The second kappa shape index (κ2) is 11.1. The van der Waals surface area contributed by atoms with E-state index in [-0.39, 0.29) is 18.4 Å². The number of methoxy groups -OCH3 is 1. The Labute approximate surface area is 204 Å². The number of nitrogens with zero attached hydrogens (tertiary/aromatic N) is 2. The van der Waals surface area contributed by atoms with Gasteiger partial charge in [0.25, 0.3) is 0 Å². The highest BCUT2D eigenvalue weighted by Crippen LogP contribution is 2.25. The maximum atomic E-state index is 12.7. The Hall–Kier alpha value is -4.49. The second-order valence-corrected chi connectivity index (χ2v) is 7.96. The molecule has 1 heterocycles. The number of rotatable bonds is 8. The molecule has 0 unspecified atom stereocenters. The average Bonchev–Trinajstić information content (AvgIpc) is 3.28. The Bertz CT molecular complexity index is 1340. The minimum atomic E-state index is -0.298. The van der Waals surface area contributed by atoms with E-state index in [1.54, 1.807) is 35.0 Å². The zero-order valence-corrected chi connectivity index (χ0v) is 19.6. The maximum absolute atomic E-state index is 12.7. The van der Waals surface area contributed by atoms with E-state index in [0.29, 0.717) is 11.4 Å². The molecule has 3 aromatic carbocycles. The third kappa shape index (κ3) is 6.31. The summed E-state index contributed by atoms with van der Waals surface area (Å²) in [5, 5.41) is 10.3. The summed E-state index contributed by atoms with van der Waals surface area (Å²) in [5.41, 5.74) is 5.78. The van der Waals surface area contributed by atoms with Gasteiger partial charge in [-0.1, -0.05) is 54.1 Å². The van der Waals surface area contributed by atoms with Crippen LogP contribution in [0.4, 0.5) is 11.4 Å². The number of carbonyl (C=O) groups excluding carboxylic acids is 2. The van der Waals surface area contributed by atoms with Crippen molar-refractivity contribution in [1.29, 1.82) is 0 Å². The Morgan fingerprint density at radius 3 is 2.37 bits per heavy atom. The monoisotopic (exact) mass is 466 g/mol. The van der Waals surface area contributed by atoms with Crippen molar-refractivity contribution < 1.29 is 14.3 Å². The number of nitrogens with one attached hydrogen (secondary N) is 2. The van der Waals surface area contributed by atoms with Gasteiger partial charge in [0.1, 0.15) is 6.61 Å². The molecule has 0 atom stereocenters. The third-order valence-corrected chi connectivity index (χ3v) is 5.19. The van der Waals surface area contributed by atoms with Crippen LogP contribution in [0.2, 0.25) is 0 Å². The van der Waals surface area contributed by atoms with Crippen LogP contribution in [0.3, 0.4) is 0 Å². The van der Waals surface area contributed by atoms with Gasteiger partial charge < -0.3 is 15.4 Å². The molecule has 2 amide bonds. The van der Waals surface area contributed by atoms with Gasteiger partial charge in [-0.3, -0.25) is 9.59 Å². The lowest BCUT2D eigenvalue weighted by atomic mass is 10.1. The van der Waals surface area contributed by atoms with E-state index in [2.05, 4.69) is 10.6 Å². The Kier molecular flexibility index (Phi) is 7.50. The zero-order chi connectivity index (χ0) is 24.6. The number of aryl methyl sites for hydroxylation is 1. The van der Waals surface area contributed by atoms with Crippen molar-refractivity contribution in [2.24, 2.45) is 0 Å². The van der Waals surface area contributed by atoms with Crippen LogP contribution >= 0.6 is 0 Å². The number of benzene rings is 3. The molecular formula is C28H26N4O3. The number of amides is 2. The first kappa shape index (κ1) is 23.7. The molecule has 0 aliphatic rings. The molecule has 0 spiro atoms. The maximum Gasteiger partial charge on any atom is 0.250 e. The van der Waals surface area contributed by atoms with Gasteiger partial charge in [0, 0.05) is 41.9 Å². The number of carbonyl (C=O) groups is 2. The highest BCUT2D eigenvalue weighted by molar-refractivity contribution is 6.03. The van der Waals surface area contributed by atoms with E-state index in [4.69, 9.17) is 9.84 Å². The van der Waals surface area contributed by atoms with E-state index in [0.717, 1.165) is 28.1 Å². The largest absolute Gasteiger partial charge is 0.375 e. The molecule has 0 aliphatic carbocycles. The molecule has 35 heavy (non-hydrogen) atoms. The number of aromatic nitrogens is 2. The summed E-state index contributed by atoms with van der Waals surface area (Å²) in [6, 6.07) is 24.9. The summed E-state index contributed by atoms with van der Waals surface area (Å²) in [7, 11) is 1.45. The van der Waals surface area contributed by atoms with Crippen LogP contribution in [0.25, 0.3) is 23.0 Å². The van der Waals surface area contributed by atoms with Crippen molar-refractivity contribution in [3.05, 3.63) is 102 Å². The van der Waals surface area contributed by atoms with Gasteiger partial charge in [0.15, 0.2) is 0 Å². The fourth-order valence-electron chi connectivity index (χ4n) is 3.51. The summed E-state index contributed by atoms with van der Waals surface area (Å²) < 4.78 is 6.63. The summed E-state index contributed by atoms with van der Waals surface area (Å²) >= 11 is 0. The van der Waals surface area contributed by atoms with Gasteiger partial charge in [0.2, 0.25) is 11.8 Å². The predicted octanol–water partition coefficient (Wildman–Crippen LogP) is 5.08. The molecule has 4 aromatic rings. The van der Waals surface area contributed by atoms with Gasteiger partial charge in [0.05, 0.1) is 11.4 Å². The van der Waals surface area contributed by atoms with Gasteiger partial charge in [-0.15, -0.1) is 0 Å². The molecule has 0 radical (unpaired) electrons. The van der Waals surface area contributed by atoms with Crippen molar-refractivity contribution in [1.82, 2.24) is 9.78 Å². The van der Waals surface area contributed by atoms with E-state index >= 15 is 0 Å². The van der Waals surface area contributed by atoms with Crippen molar-refractivity contribution in [3.8, 4) is 16.9 Å². The normalized spacial score (nSPS) is 10.9. The third-order valence-electron chi connectivity index (χ3n) is 5.19. The molecule has 0 aliphatic heterocycles. The van der Waals surface area contributed by atoms with Crippen LogP contribution < -0.4 is 10.6 Å². The smallest absolute Gasteiger partial charge is 0.250 e. The van der Waals surface area contributed by atoms with Crippen LogP contribution in [-0.4, -0.2) is 35.3 Å². The lowest BCUT2D eigenvalue weighted by Gasteiger charge is -2.07. The quantitative estimate of drug-likeness (QED) is 0.355. The van der Waals surface area contributed by atoms with Crippen LogP contribution in [0.1, 0.15) is 11.1 Å². The molecule has 0 saturated carbocycles. The van der Waals surface area contributed by atoms with Crippen molar-refractivity contribution >= 4 is 29.3 Å². The molecule has 1 aromatic heterocycles. The van der Waals surface area contributed by atoms with Gasteiger partial charge in [-0.25, -0.2) is 4.68 Å². The fraction of sp³-hybridized carbons (Fsp3) is 0.107. The SMILES string of the molecule is COCC(=O)Nc1cccc(NC(=O)/C=C/c2cn(-c3ccccc3)nc2-c2ccc(C)cc2)c1. The Balaban J connectivity index is 1.55. The second-order valence-electron chi connectivity index (χ2n) is 7.96. The highest BCUT2D eigenvalue weighted by atomic mass is 16.5. The molecular weight excluding hydrogens is 440 g/mol. The molecule has 4 rings (SSSR count). The van der Waals surface area contributed by atoms with Gasteiger partial charge in [-0.2, -0.15) is 5.10 Å².